The van der Waals surface area contributed by atoms with Gasteiger partial charge in [-0.05, 0) is 18.1 Å². The molecule has 0 heterocycles. The molecule has 0 radical (unpaired) electrons. The first-order valence-corrected chi connectivity index (χ1v) is 5.67. The Morgan fingerprint density at radius 1 is 1.38 bits per heavy atom. The summed E-state index contributed by atoms with van der Waals surface area (Å²) in [7, 11) is 1.86. The van der Waals surface area contributed by atoms with Crippen molar-refractivity contribution < 1.29 is 9.22 Å². The molecule has 0 saturated carbocycles. The number of hydrogen-bond acceptors (Lipinski definition) is 2. The van der Waals surface area contributed by atoms with E-state index in [1.807, 2.05) is 18.2 Å². The van der Waals surface area contributed by atoms with E-state index in [1.54, 1.807) is 12.1 Å². The van der Waals surface area contributed by atoms with Gasteiger partial charge in [0.2, 0.25) is 0 Å². The second-order valence-electron chi connectivity index (χ2n) is 2.53. The van der Waals surface area contributed by atoms with Crippen molar-refractivity contribution in [2.45, 2.75) is 6.42 Å². The first kappa shape index (κ1) is 12.2. The van der Waals surface area contributed by atoms with E-state index in [0.29, 0.717) is 5.75 Å². The van der Waals surface area contributed by atoms with Crippen LogP contribution in [0.2, 0.25) is 0 Å². The first-order valence-electron chi connectivity index (χ1n) is 4.04. The van der Waals surface area contributed by atoms with Crippen molar-refractivity contribution in [2.24, 2.45) is 0 Å². The topological polar surface area (TPSA) is 29.5 Å². The molecule has 1 N–H and O–H groups in total. The Balaban J connectivity index is 0.000000424. The van der Waals surface area contributed by atoms with E-state index in [1.165, 1.54) is 0 Å². The lowest BCUT2D eigenvalue weighted by Gasteiger charge is -1.97. The summed E-state index contributed by atoms with van der Waals surface area (Å²) < 4.78 is 4.53. The van der Waals surface area contributed by atoms with Crippen molar-refractivity contribution in [1.29, 1.82) is 0 Å². The number of para-hydroxylation sites is 1. The number of benzene rings is 1. The van der Waals surface area contributed by atoms with Gasteiger partial charge in [0.15, 0.2) is 0 Å². The number of rotatable bonds is 2. The summed E-state index contributed by atoms with van der Waals surface area (Å²) in [4.78, 5) is 0. The predicted molar refractivity (Wildman–Crippen MR) is 63.0 cm³/mol. The van der Waals surface area contributed by atoms with Gasteiger partial charge in [0, 0.05) is 0 Å². The molecule has 0 unspecified atom stereocenters. The van der Waals surface area contributed by atoms with Crippen LogP contribution < -0.4 is 0 Å². The van der Waals surface area contributed by atoms with Gasteiger partial charge < -0.3 is 9.22 Å². The Bertz CT molecular complexity index is 251. The Hall–Kier alpha value is -0.846. The van der Waals surface area contributed by atoms with Gasteiger partial charge in [-0.3, -0.25) is 0 Å². The maximum absolute atomic E-state index is 9.19. The van der Waals surface area contributed by atoms with Crippen LogP contribution >= 0.6 is 0 Å². The second kappa shape index (κ2) is 7.78. The highest BCUT2D eigenvalue weighted by Gasteiger charge is 1.93. The summed E-state index contributed by atoms with van der Waals surface area (Å²) in [5.41, 5.74) is 0.928. The molecule has 0 spiro atoms. The van der Waals surface area contributed by atoms with Crippen LogP contribution in [-0.4, -0.2) is 26.1 Å². The van der Waals surface area contributed by atoms with Gasteiger partial charge in [0.1, 0.15) is 26.7 Å². The van der Waals surface area contributed by atoms with Gasteiger partial charge in [-0.15, -0.1) is 6.58 Å². The summed E-state index contributed by atoms with van der Waals surface area (Å²) in [6, 6.07) is 7.27. The van der Waals surface area contributed by atoms with Crippen molar-refractivity contribution in [3.8, 4) is 5.75 Å². The zero-order chi connectivity index (χ0) is 10.1. The predicted octanol–water partition coefficient (Wildman–Crippen LogP) is -0.316. The molecule has 4 heteroatoms. The number of phenols is 1. The van der Waals surface area contributed by atoms with Crippen LogP contribution in [0.15, 0.2) is 36.9 Å². The SMILES string of the molecule is C=CCc1ccccc1O.[SiH3]O[SiH3]. The normalized spacial score (nSPS) is 8.92. The Kier molecular flexibility index (Phi) is 7.28. The average molecular weight is 212 g/mol. The molecule has 0 aliphatic rings. The Labute approximate surface area is 85.3 Å². The molecule has 1 aromatic carbocycles. The fourth-order valence-electron chi connectivity index (χ4n) is 0.839. The molecule has 13 heavy (non-hydrogen) atoms. The highest BCUT2D eigenvalue weighted by atomic mass is 28.3. The van der Waals surface area contributed by atoms with Crippen molar-refractivity contribution in [3.63, 3.8) is 0 Å². The van der Waals surface area contributed by atoms with Gasteiger partial charge in [-0.2, -0.15) is 0 Å². The van der Waals surface area contributed by atoms with Crippen molar-refractivity contribution in [2.75, 3.05) is 0 Å². The maximum atomic E-state index is 9.19. The maximum Gasteiger partial charge on any atom is 0.129 e. The van der Waals surface area contributed by atoms with Crippen LogP contribution in [0, 0.1) is 0 Å². The first-order chi connectivity index (χ1) is 6.26. The van der Waals surface area contributed by atoms with Gasteiger partial charge in [-0.1, -0.05) is 24.3 Å². The molecule has 0 fully saturated rings. The zero-order valence-electron chi connectivity index (χ0n) is 8.16. The van der Waals surface area contributed by atoms with Crippen LogP contribution in [0.1, 0.15) is 5.56 Å². The van der Waals surface area contributed by atoms with Crippen LogP contribution in [0.3, 0.4) is 0 Å². The summed E-state index contributed by atoms with van der Waals surface area (Å²) in [5.74, 6) is 0.349. The molecule has 0 amide bonds. The zero-order valence-corrected chi connectivity index (χ0v) is 12.2. The van der Waals surface area contributed by atoms with E-state index < -0.39 is 0 Å². The van der Waals surface area contributed by atoms with Crippen molar-refractivity contribution >= 4 is 21.0 Å². The van der Waals surface area contributed by atoms with Crippen LogP contribution in [0.25, 0.3) is 0 Å². The quantitative estimate of drug-likeness (QED) is 0.538. The van der Waals surface area contributed by atoms with Crippen LogP contribution in [0.5, 0.6) is 5.75 Å². The van der Waals surface area contributed by atoms with E-state index in [9.17, 15) is 5.11 Å². The summed E-state index contributed by atoms with van der Waals surface area (Å²) in [6.45, 7) is 3.59. The van der Waals surface area contributed by atoms with E-state index in [-0.39, 0.29) is 0 Å². The lowest BCUT2D eigenvalue weighted by Crippen LogP contribution is -1.79. The molecule has 0 bridgehead atoms. The highest BCUT2D eigenvalue weighted by molar-refractivity contribution is 6.15. The number of hydrogen-bond donors (Lipinski definition) is 1. The fraction of sp³-hybridized carbons (Fsp3) is 0.111. The second-order valence-corrected chi connectivity index (χ2v) is 5.80. The Morgan fingerprint density at radius 3 is 2.38 bits per heavy atom. The van der Waals surface area contributed by atoms with E-state index in [4.69, 9.17) is 0 Å². The molecule has 72 valence electrons. The van der Waals surface area contributed by atoms with Crippen LogP contribution in [-0.2, 0) is 10.5 Å². The van der Waals surface area contributed by atoms with Crippen molar-refractivity contribution in [1.82, 2.24) is 0 Å². The van der Waals surface area contributed by atoms with Gasteiger partial charge in [-0.25, -0.2) is 0 Å². The molecule has 0 saturated heterocycles. The van der Waals surface area contributed by atoms with Gasteiger partial charge >= 0.3 is 0 Å². The van der Waals surface area contributed by atoms with E-state index in [0.717, 1.165) is 33.0 Å². The molecular formula is C9H16O2Si2. The molecule has 1 aromatic rings. The summed E-state index contributed by atoms with van der Waals surface area (Å²) in [6.07, 6.45) is 2.50. The van der Waals surface area contributed by atoms with Crippen molar-refractivity contribution in [3.05, 3.63) is 42.5 Å². The average Bonchev–Trinajstić information content (AvgIpc) is 2.11. The number of phenolic OH excluding ortho intramolecular Hbond substituents is 1. The largest absolute Gasteiger partial charge is 0.508 e. The molecule has 0 aromatic heterocycles. The molecular weight excluding hydrogens is 196 g/mol. The third-order valence-electron chi connectivity index (χ3n) is 1.36. The summed E-state index contributed by atoms with van der Waals surface area (Å²) in [5, 5.41) is 9.19. The van der Waals surface area contributed by atoms with Gasteiger partial charge in [0.25, 0.3) is 0 Å². The monoisotopic (exact) mass is 212 g/mol. The standard InChI is InChI=1S/C9H10O.H6OSi2/c1-2-5-8-6-3-4-7-9(8)10;2-1-3/h2-4,6-7,10H,1,5H2;2-3H3. The number of aromatic hydroxyl groups is 1. The van der Waals surface area contributed by atoms with E-state index in [2.05, 4.69) is 10.7 Å². The van der Waals surface area contributed by atoms with Crippen LogP contribution in [0.4, 0.5) is 0 Å². The lowest BCUT2D eigenvalue weighted by atomic mass is 10.1. The number of allylic oxidation sites excluding steroid dienone is 1. The molecule has 0 aliphatic carbocycles. The molecule has 2 nitrogen and oxygen atoms in total. The highest BCUT2D eigenvalue weighted by Crippen LogP contribution is 2.15. The Morgan fingerprint density at radius 2 is 1.92 bits per heavy atom. The smallest absolute Gasteiger partial charge is 0.129 e. The third-order valence-corrected chi connectivity index (χ3v) is 1.36. The van der Waals surface area contributed by atoms with E-state index >= 15 is 0 Å². The molecule has 0 atom stereocenters. The minimum absolute atomic E-state index is 0.349. The minimum Gasteiger partial charge on any atom is -0.508 e. The minimum atomic E-state index is 0.349. The molecule has 1 rings (SSSR count). The van der Waals surface area contributed by atoms with Gasteiger partial charge in [0.05, 0.1) is 0 Å². The lowest BCUT2D eigenvalue weighted by molar-refractivity contribution is 0.470. The fourth-order valence-corrected chi connectivity index (χ4v) is 0.839. The molecule has 0 aliphatic heterocycles. The summed E-state index contributed by atoms with van der Waals surface area (Å²) >= 11 is 0. The third kappa shape index (κ3) is 5.40.